The first-order valence-electron chi connectivity index (χ1n) is 7.17. The summed E-state index contributed by atoms with van der Waals surface area (Å²) in [5.74, 6) is 0.0265. The molecule has 0 aliphatic rings. The zero-order chi connectivity index (χ0) is 15.8. The van der Waals surface area contributed by atoms with E-state index in [0.29, 0.717) is 17.9 Å². The number of esters is 1. The van der Waals surface area contributed by atoms with Crippen LogP contribution >= 0.6 is 0 Å². The first-order valence-corrected chi connectivity index (χ1v) is 7.17. The second-order valence-electron chi connectivity index (χ2n) is 5.11. The molecule has 0 fully saturated rings. The van der Waals surface area contributed by atoms with Crippen molar-refractivity contribution >= 4 is 12.2 Å². The van der Waals surface area contributed by atoms with Gasteiger partial charge in [-0.1, -0.05) is 61.5 Å². The first-order chi connectivity index (χ1) is 10.7. The van der Waals surface area contributed by atoms with Crippen LogP contribution in [0.5, 0.6) is 5.75 Å². The molecule has 0 radical (unpaired) electrons. The van der Waals surface area contributed by atoms with Gasteiger partial charge >= 0.3 is 5.97 Å². The fourth-order valence-corrected chi connectivity index (χ4v) is 1.69. The molecule has 0 heterocycles. The van der Waals surface area contributed by atoms with Gasteiger partial charge < -0.3 is 9.57 Å². The summed E-state index contributed by atoms with van der Waals surface area (Å²) in [5.41, 5.74) is 1.74. The van der Waals surface area contributed by atoms with Gasteiger partial charge in [-0.15, -0.1) is 0 Å². The summed E-state index contributed by atoms with van der Waals surface area (Å²) in [7, 11) is 0. The van der Waals surface area contributed by atoms with Gasteiger partial charge in [-0.3, -0.25) is 4.79 Å². The van der Waals surface area contributed by atoms with E-state index in [1.165, 1.54) is 0 Å². The predicted molar refractivity (Wildman–Crippen MR) is 85.7 cm³/mol. The van der Waals surface area contributed by atoms with Crippen molar-refractivity contribution < 1.29 is 14.4 Å². The van der Waals surface area contributed by atoms with Gasteiger partial charge in [0.05, 0.1) is 12.1 Å². The number of nitrogens with zero attached hydrogens (tertiary/aromatic N) is 1. The van der Waals surface area contributed by atoms with Crippen molar-refractivity contribution in [3.8, 4) is 5.75 Å². The van der Waals surface area contributed by atoms with E-state index in [4.69, 9.17) is 9.57 Å². The second-order valence-corrected chi connectivity index (χ2v) is 5.11. The number of hydrogen-bond donors (Lipinski definition) is 0. The summed E-state index contributed by atoms with van der Waals surface area (Å²) < 4.78 is 5.34. The lowest BCUT2D eigenvalue weighted by molar-refractivity contribution is -0.137. The maximum absolute atomic E-state index is 11.7. The third-order valence-electron chi connectivity index (χ3n) is 2.94. The van der Waals surface area contributed by atoms with Crippen molar-refractivity contribution in [3.05, 3.63) is 65.7 Å². The minimum Gasteiger partial charge on any atom is -0.426 e. The lowest BCUT2D eigenvalue weighted by atomic mass is 10.2. The molecule has 0 unspecified atom stereocenters. The third-order valence-corrected chi connectivity index (χ3v) is 2.94. The van der Waals surface area contributed by atoms with Gasteiger partial charge in [0, 0.05) is 5.56 Å². The molecule has 0 saturated carbocycles. The van der Waals surface area contributed by atoms with Crippen molar-refractivity contribution in [2.75, 3.05) is 0 Å². The number of benzene rings is 2. The quantitative estimate of drug-likeness (QED) is 0.353. The van der Waals surface area contributed by atoms with Gasteiger partial charge in [-0.05, 0) is 17.7 Å². The van der Waals surface area contributed by atoms with Gasteiger partial charge in [0.2, 0.25) is 0 Å². The van der Waals surface area contributed by atoms with Crippen LogP contribution in [0.3, 0.4) is 0 Å². The van der Waals surface area contributed by atoms with Crippen LogP contribution < -0.4 is 4.74 Å². The first kappa shape index (κ1) is 15.8. The van der Waals surface area contributed by atoms with Crippen LogP contribution in [0.25, 0.3) is 0 Å². The average Bonchev–Trinajstić information content (AvgIpc) is 2.54. The van der Waals surface area contributed by atoms with Gasteiger partial charge in [0.15, 0.2) is 0 Å². The van der Waals surface area contributed by atoms with Gasteiger partial charge in [0.25, 0.3) is 0 Å². The summed E-state index contributed by atoms with van der Waals surface area (Å²) in [6.45, 7) is 3.98. The number of rotatable bonds is 6. The molecule has 0 spiro atoms. The molecule has 0 aliphatic heterocycles. The van der Waals surface area contributed by atoms with E-state index >= 15 is 0 Å². The zero-order valence-corrected chi connectivity index (χ0v) is 12.7. The monoisotopic (exact) mass is 297 g/mol. The Labute approximate surface area is 130 Å². The van der Waals surface area contributed by atoms with E-state index in [9.17, 15) is 4.79 Å². The highest BCUT2D eigenvalue weighted by molar-refractivity contribution is 5.85. The molecule has 4 heteroatoms. The third kappa shape index (κ3) is 4.74. The van der Waals surface area contributed by atoms with E-state index in [2.05, 4.69) is 5.16 Å². The molecule has 114 valence electrons. The lowest BCUT2D eigenvalue weighted by Gasteiger charge is -2.08. The number of para-hydroxylation sites is 1. The summed E-state index contributed by atoms with van der Waals surface area (Å²) in [5, 5.41) is 3.93. The van der Waals surface area contributed by atoms with Crippen LogP contribution in [-0.4, -0.2) is 12.2 Å². The fraction of sp³-hybridized carbons (Fsp3) is 0.222. The van der Waals surface area contributed by atoms with Crippen molar-refractivity contribution in [1.82, 2.24) is 0 Å². The molecule has 2 rings (SSSR count). The average molecular weight is 297 g/mol. The maximum atomic E-state index is 11.7. The van der Waals surface area contributed by atoms with Crippen molar-refractivity contribution in [3.63, 3.8) is 0 Å². The molecule has 0 atom stereocenters. The molecule has 22 heavy (non-hydrogen) atoms. The topological polar surface area (TPSA) is 47.9 Å². The SMILES string of the molecule is CC(C)C(=O)Oc1ccccc1C=NOCc1ccccc1. The van der Waals surface area contributed by atoms with Gasteiger partial charge in [-0.25, -0.2) is 0 Å². The normalized spacial score (nSPS) is 10.9. The Hall–Kier alpha value is -2.62. The Balaban J connectivity index is 1.97. The van der Waals surface area contributed by atoms with Gasteiger partial charge in [-0.2, -0.15) is 0 Å². The predicted octanol–water partition coefficient (Wildman–Crippen LogP) is 3.80. The van der Waals surface area contributed by atoms with Crippen LogP contribution in [-0.2, 0) is 16.2 Å². The molecule has 0 saturated heterocycles. The molecule has 2 aromatic rings. The van der Waals surface area contributed by atoms with Crippen LogP contribution in [0.2, 0.25) is 0 Å². The molecule has 0 amide bonds. The van der Waals surface area contributed by atoms with Crippen molar-refractivity contribution in [2.45, 2.75) is 20.5 Å². The zero-order valence-electron chi connectivity index (χ0n) is 12.7. The lowest BCUT2D eigenvalue weighted by Crippen LogP contribution is -2.15. The number of carbonyl (C=O) groups excluding carboxylic acids is 1. The molecule has 0 N–H and O–H groups in total. The van der Waals surface area contributed by atoms with E-state index < -0.39 is 0 Å². The Bertz CT molecular complexity index is 636. The van der Waals surface area contributed by atoms with Gasteiger partial charge in [0.1, 0.15) is 12.4 Å². The summed E-state index contributed by atoms with van der Waals surface area (Å²) in [6.07, 6.45) is 1.55. The highest BCUT2D eigenvalue weighted by Crippen LogP contribution is 2.17. The standard InChI is InChI=1S/C18H19NO3/c1-14(2)18(20)22-17-11-7-6-10-16(17)12-19-21-13-15-8-4-3-5-9-15/h3-12,14H,13H2,1-2H3. The van der Waals surface area contributed by atoms with Crippen LogP contribution in [0, 0.1) is 5.92 Å². The highest BCUT2D eigenvalue weighted by Gasteiger charge is 2.11. The largest absolute Gasteiger partial charge is 0.426 e. The Morgan fingerprint density at radius 3 is 2.50 bits per heavy atom. The smallest absolute Gasteiger partial charge is 0.313 e. The van der Waals surface area contributed by atoms with Crippen LogP contribution in [0.4, 0.5) is 0 Å². The Kier molecular flexibility index (Phi) is 5.72. The van der Waals surface area contributed by atoms with Crippen molar-refractivity contribution in [2.24, 2.45) is 11.1 Å². The number of ether oxygens (including phenoxy) is 1. The fourth-order valence-electron chi connectivity index (χ4n) is 1.69. The van der Waals surface area contributed by atoms with E-state index in [1.807, 2.05) is 48.5 Å². The molecule has 0 bridgehead atoms. The minimum absolute atomic E-state index is 0.181. The number of oxime groups is 1. The molecule has 2 aromatic carbocycles. The van der Waals surface area contributed by atoms with Crippen LogP contribution in [0.1, 0.15) is 25.0 Å². The van der Waals surface area contributed by atoms with E-state index in [-0.39, 0.29) is 11.9 Å². The van der Waals surface area contributed by atoms with E-state index in [1.54, 1.807) is 26.1 Å². The highest BCUT2D eigenvalue weighted by atomic mass is 16.6. The van der Waals surface area contributed by atoms with Crippen molar-refractivity contribution in [1.29, 1.82) is 0 Å². The molecule has 4 nitrogen and oxygen atoms in total. The molecular weight excluding hydrogens is 278 g/mol. The Morgan fingerprint density at radius 2 is 1.77 bits per heavy atom. The Morgan fingerprint density at radius 1 is 1.09 bits per heavy atom. The van der Waals surface area contributed by atoms with E-state index in [0.717, 1.165) is 5.56 Å². The molecule has 0 aliphatic carbocycles. The molecular formula is C18H19NO3. The number of carbonyl (C=O) groups is 1. The summed E-state index contributed by atoms with van der Waals surface area (Å²) in [6, 6.07) is 17.0. The summed E-state index contributed by atoms with van der Waals surface area (Å²) in [4.78, 5) is 16.9. The molecule has 0 aromatic heterocycles. The summed E-state index contributed by atoms with van der Waals surface area (Å²) >= 11 is 0. The minimum atomic E-state index is -0.272. The van der Waals surface area contributed by atoms with Crippen LogP contribution in [0.15, 0.2) is 59.8 Å². The maximum Gasteiger partial charge on any atom is 0.313 e. The number of hydrogen-bond acceptors (Lipinski definition) is 4. The second kappa shape index (κ2) is 7.98.